The summed E-state index contributed by atoms with van der Waals surface area (Å²) in [6.45, 7) is -0.790. The van der Waals surface area contributed by atoms with Gasteiger partial charge >= 0.3 is 5.97 Å². The van der Waals surface area contributed by atoms with Crippen LogP contribution in [0.2, 0.25) is 0 Å². The number of primary amides is 2. The summed E-state index contributed by atoms with van der Waals surface area (Å²) in [5.41, 5.74) is 33.9. The number of ether oxygens (including phenoxy) is 1. The van der Waals surface area contributed by atoms with Gasteiger partial charge in [-0.3, -0.25) is 62.7 Å². The Morgan fingerprint density at radius 2 is 1.25 bits per heavy atom. The summed E-state index contributed by atoms with van der Waals surface area (Å²) in [6.07, 6.45) is 1.85. The smallest absolute Gasteiger partial charge is 0.305 e. The largest absolute Gasteiger partial charge is 0.497 e. The van der Waals surface area contributed by atoms with Gasteiger partial charge in [-0.1, -0.05) is 53.0 Å². The van der Waals surface area contributed by atoms with Crippen molar-refractivity contribution in [2.45, 2.75) is 143 Å². The second-order valence-corrected chi connectivity index (χ2v) is 22.1. The minimum absolute atomic E-state index is 0.0113. The number of nitrogens with two attached hydrogens (primary N) is 6. The minimum atomic E-state index is -1.86. The predicted molar refractivity (Wildman–Crippen MR) is 292 cm³/mol. The molecule has 0 bridgehead atoms. The molecule has 3 fully saturated rings. The number of carbonyl (C=O) groups excluding carboxylic acids is 10. The molecule has 1 saturated carbocycles. The monoisotopic (exact) mass is 1150 g/mol. The van der Waals surface area contributed by atoms with E-state index in [-0.39, 0.29) is 82.3 Å². The van der Waals surface area contributed by atoms with Gasteiger partial charge in [0.15, 0.2) is 11.9 Å². The lowest BCUT2D eigenvalue weighted by atomic mass is 9.85. The first-order valence-electron chi connectivity index (χ1n) is 25.7. The van der Waals surface area contributed by atoms with Crippen LogP contribution in [0.5, 0.6) is 5.75 Å². The predicted octanol–water partition coefficient (Wildman–Crippen LogP) is -4.32. The number of aliphatic imine (C=N–C) groups is 2. The van der Waals surface area contributed by atoms with Crippen LogP contribution in [0, 0.1) is 0 Å². The summed E-state index contributed by atoms with van der Waals surface area (Å²) < 4.78 is 4.49. The Hall–Kier alpha value is -7.57. The van der Waals surface area contributed by atoms with Crippen molar-refractivity contribution in [2.24, 2.45) is 44.4 Å². The second kappa shape index (κ2) is 31.7. The molecule has 2 aliphatic heterocycles. The lowest BCUT2D eigenvalue weighted by Gasteiger charge is -2.36. The van der Waals surface area contributed by atoms with Crippen molar-refractivity contribution in [2.75, 3.05) is 39.0 Å². The van der Waals surface area contributed by atoms with Crippen molar-refractivity contribution in [3.8, 4) is 5.75 Å². The number of fused-ring (bicyclic) bond motifs is 1. The van der Waals surface area contributed by atoms with Gasteiger partial charge in [-0.2, -0.15) is 0 Å². The summed E-state index contributed by atoms with van der Waals surface area (Å²) in [5.74, 6) is -10.6. The number of methoxy groups -OCH3 is 1. The summed E-state index contributed by atoms with van der Waals surface area (Å²) in [5, 5.41) is 27.5. The number of carbonyl (C=O) groups is 11. The number of aliphatic carboxylic acids is 1. The van der Waals surface area contributed by atoms with E-state index in [1.54, 1.807) is 24.3 Å². The standard InChI is InChI=1S/C48H74N16O13S2/c1-77-27-13-11-26(12-14-27)20-30-42(73)60-29(9-6-18-56-47(53)54)41(72)63-33(39(50)70)25-78-79-48(15-3-2-4-16-48)23-36(66)59-32(21-35(49)65)45(76)64-19-7-10-34(64)44(75)61-28(8-5-17-55-46(51)52)40(71)57-24-37(67)58-31(22-38(68)69)43(74)62-30/h11-14,28-34H,2-10,15-25H2,1H3,(H2,49,65)(H2,50,70)(H,57,71)(H,58,67)(H,59,66)(H,60,73)(H,61,75)(H,62,74)(H,63,72)(H,68,69)(H4,51,52,55)(H4,53,54,56)/t28-,29-,30-,31-,32-,33-,34-/m0/s1. The third-order valence-corrected chi connectivity index (χ3v) is 16.4. The minimum Gasteiger partial charge on any atom is -0.497 e. The van der Waals surface area contributed by atoms with Crippen molar-refractivity contribution in [3.63, 3.8) is 0 Å². The molecule has 1 aromatic rings. The first-order chi connectivity index (χ1) is 37.5. The Balaban J connectivity index is 1.77. The van der Waals surface area contributed by atoms with Crippen LogP contribution in [0.4, 0.5) is 0 Å². The van der Waals surface area contributed by atoms with Gasteiger partial charge in [0.05, 0.1) is 26.5 Å². The molecule has 2 heterocycles. The van der Waals surface area contributed by atoms with Crippen molar-refractivity contribution in [3.05, 3.63) is 29.8 Å². The molecule has 7 atom stereocenters. The summed E-state index contributed by atoms with van der Waals surface area (Å²) in [7, 11) is 3.88. The quantitative estimate of drug-likeness (QED) is 0.0322. The lowest BCUT2D eigenvalue weighted by Crippen LogP contribution is -2.59. The van der Waals surface area contributed by atoms with E-state index in [9.17, 15) is 57.8 Å². The van der Waals surface area contributed by atoms with E-state index < -0.39 is 131 Å². The fraction of sp³-hybridized carbons (Fsp3) is 0.604. The van der Waals surface area contributed by atoms with E-state index in [1.807, 2.05) is 0 Å². The number of nitrogens with zero attached hydrogens (tertiary/aromatic N) is 3. The SMILES string of the molecule is COc1ccc(C[C@@H]2NC(=O)[C@H](CC(=O)O)NC(=O)CNC(=O)[C@H](CCCN=C(N)N)NC(=O)[C@@H]3CCCN3C(=O)[C@H](CC(N)=O)NC(=O)CC3(CCCCC3)SSC[C@@H](C(N)=O)NC(=O)[C@H](CCCN=C(N)N)NC2=O)cc1. The van der Waals surface area contributed by atoms with Crippen LogP contribution in [-0.4, -0.2) is 173 Å². The average Bonchev–Trinajstić information content (AvgIpc) is 3.88. The number of amides is 10. The van der Waals surface area contributed by atoms with Crippen LogP contribution in [-0.2, 0) is 59.2 Å². The number of carboxylic acid groups (broad SMARTS) is 1. The highest BCUT2D eigenvalue weighted by Crippen LogP contribution is 2.48. The highest BCUT2D eigenvalue weighted by Gasteiger charge is 2.42. The van der Waals surface area contributed by atoms with Crippen molar-refractivity contribution >= 4 is 98.5 Å². The van der Waals surface area contributed by atoms with Crippen LogP contribution in [0.15, 0.2) is 34.3 Å². The van der Waals surface area contributed by atoms with Crippen molar-refractivity contribution in [1.82, 2.24) is 42.1 Å². The molecular formula is C48H74N16O13S2. The molecule has 0 unspecified atom stereocenters. The Morgan fingerprint density at radius 1 is 0.684 bits per heavy atom. The number of rotatable bonds is 16. The van der Waals surface area contributed by atoms with Crippen LogP contribution >= 0.6 is 21.6 Å². The Morgan fingerprint density at radius 3 is 1.84 bits per heavy atom. The van der Waals surface area contributed by atoms with Gasteiger partial charge < -0.3 is 86.4 Å². The maximum Gasteiger partial charge on any atom is 0.305 e. The summed E-state index contributed by atoms with van der Waals surface area (Å²) in [4.78, 5) is 159. The zero-order valence-corrected chi connectivity index (χ0v) is 45.6. The molecule has 20 N–H and O–H groups in total. The molecule has 4 rings (SSSR count). The molecule has 1 spiro atoms. The number of hydrogen-bond acceptors (Lipinski definition) is 16. The van der Waals surface area contributed by atoms with Crippen molar-refractivity contribution in [1.29, 1.82) is 0 Å². The van der Waals surface area contributed by atoms with Gasteiger partial charge in [-0.05, 0) is 69.1 Å². The molecule has 2 saturated heterocycles. The maximum absolute atomic E-state index is 14.4. The van der Waals surface area contributed by atoms with E-state index >= 15 is 0 Å². The zero-order chi connectivity index (χ0) is 58.2. The number of benzene rings is 1. The number of guanidine groups is 2. The molecular weight excluding hydrogens is 1070 g/mol. The van der Waals surface area contributed by atoms with Crippen molar-refractivity contribution < 1.29 is 62.6 Å². The molecule has 436 valence electrons. The van der Waals surface area contributed by atoms with E-state index in [4.69, 9.17) is 39.1 Å². The topological polar surface area (TPSA) is 486 Å². The summed E-state index contributed by atoms with van der Waals surface area (Å²) in [6, 6.07) is -3.87. The summed E-state index contributed by atoms with van der Waals surface area (Å²) >= 11 is 0. The van der Waals surface area contributed by atoms with E-state index in [1.165, 1.54) is 22.8 Å². The second-order valence-electron chi connectivity index (χ2n) is 19.3. The highest BCUT2D eigenvalue weighted by atomic mass is 33.1. The molecule has 0 aromatic heterocycles. The maximum atomic E-state index is 14.4. The van der Waals surface area contributed by atoms with Gasteiger partial charge in [0, 0.05) is 43.0 Å². The van der Waals surface area contributed by atoms with Crippen LogP contribution in [0.3, 0.4) is 0 Å². The zero-order valence-electron chi connectivity index (χ0n) is 44.0. The third kappa shape index (κ3) is 21.6. The van der Waals surface area contributed by atoms with Gasteiger partial charge in [0.25, 0.3) is 0 Å². The molecule has 1 aromatic carbocycles. The van der Waals surface area contributed by atoms with E-state index in [0.717, 1.165) is 30.1 Å². The van der Waals surface area contributed by atoms with Gasteiger partial charge in [-0.25, -0.2) is 0 Å². The Labute approximate surface area is 464 Å². The van der Waals surface area contributed by atoms with Crippen LogP contribution in [0.1, 0.15) is 95.5 Å². The molecule has 0 radical (unpaired) electrons. The molecule has 31 heteroatoms. The first kappa shape index (κ1) is 64.0. The van der Waals surface area contributed by atoms with Gasteiger partial charge in [0.1, 0.15) is 48.0 Å². The first-order valence-corrected chi connectivity index (χ1v) is 28.0. The van der Waals surface area contributed by atoms with E-state index in [0.29, 0.717) is 30.6 Å². The molecule has 1 aliphatic carbocycles. The Bertz CT molecular complexity index is 2420. The molecule has 79 heavy (non-hydrogen) atoms. The normalized spacial score (nSPS) is 24.4. The fourth-order valence-electron chi connectivity index (χ4n) is 9.11. The fourth-order valence-corrected chi connectivity index (χ4v) is 12.5. The van der Waals surface area contributed by atoms with Crippen LogP contribution in [0.25, 0.3) is 0 Å². The van der Waals surface area contributed by atoms with E-state index in [2.05, 4.69) is 47.2 Å². The number of hydrogen-bond donors (Lipinski definition) is 14. The van der Waals surface area contributed by atoms with Crippen LogP contribution < -0.4 is 76.4 Å². The Kier molecular flexibility index (Phi) is 25.7. The lowest BCUT2D eigenvalue weighted by molar-refractivity contribution is -0.143. The number of carboxylic acids is 1. The molecule has 3 aliphatic rings. The molecule has 10 amide bonds. The highest BCUT2D eigenvalue weighted by molar-refractivity contribution is 8.77. The average molecular weight is 1150 g/mol. The van der Waals surface area contributed by atoms with Gasteiger partial charge in [0.2, 0.25) is 59.1 Å². The number of nitrogens with one attached hydrogen (secondary N) is 7. The van der Waals surface area contributed by atoms with Gasteiger partial charge in [-0.15, -0.1) is 0 Å². The third-order valence-electron chi connectivity index (χ3n) is 13.1. The molecule has 29 nitrogen and oxygen atoms in total.